The number of hydrogen-bond acceptors (Lipinski definition) is 3. The van der Waals surface area contributed by atoms with E-state index >= 15 is 0 Å². The third-order valence-corrected chi connectivity index (χ3v) is 2.96. The Morgan fingerprint density at radius 1 is 1.42 bits per heavy atom. The van der Waals surface area contributed by atoms with Crippen molar-refractivity contribution < 1.29 is 19.4 Å². The number of hydrogen-bond donors (Lipinski definition) is 2. The summed E-state index contributed by atoms with van der Waals surface area (Å²) < 4.78 is 5.45. The van der Waals surface area contributed by atoms with Gasteiger partial charge in [0, 0.05) is 18.1 Å². The monoisotopic (exact) mass is 290 g/mol. The molecule has 1 rings (SSSR count). The first-order valence-corrected chi connectivity index (χ1v) is 6.56. The van der Waals surface area contributed by atoms with E-state index in [0.29, 0.717) is 18.1 Å². The maximum Gasteiger partial charge on any atom is 0.317 e. The summed E-state index contributed by atoms with van der Waals surface area (Å²) in [5.41, 5.74) is 0. The molecule has 0 saturated carbocycles. The van der Waals surface area contributed by atoms with Crippen LogP contribution in [0.4, 0.5) is 4.79 Å². The molecule has 2 amide bonds. The van der Waals surface area contributed by atoms with Gasteiger partial charge in [-0.05, 0) is 12.8 Å². The fourth-order valence-corrected chi connectivity index (χ4v) is 1.89. The number of carbonyl (C=O) groups is 2. The zero-order valence-electron chi connectivity index (χ0n) is 10.7. The number of carboxylic acids is 1. The summed E-state index contributed by atoms with van der Waals surface area (Å²) in [6.07, 6.45) is 1.48. The summed E-state index contributed by atoms with van der Waals surface area (Å²) in [5.74, 6) is -0.863. The SMILES string of the molecule is C=C(Cl)CNC(=O)N1CCC(OCCC(=O)O)CC1. The fraction of sp³-hybridized carbons (Fsp3) is 0.667. The Balaban J connectivity index is 2.19. The lowest BCUT2D eigenvalue weighted by Crippen LogP contribution is -2.46. The number of carboxylic acid groups (broad SMARTS) is 1. The molecule has 0 aliphatic carbocycles. The number of ether oxygens (including phenoxy) is 1. The van der Waals surface area contributed by atoms with Crippen molar-refractivity contribution in [3.8, 4) is 0 Å². The van der Waals surface area contributed by atoms with Crippen molar-refractivity contribution in [3.05, 3.63) is 11.6 Å². The molecule has 0 aromatic carbocycles. The molecule has 2 N–H and O–H groups in total. The van der Waals surface area contributed by atoms with E-state index in [1.165, 1.54) is 0 Å². The van der Waals surface area contributed by atoms with Gasteiger partial charge in [0.25, 0.3) is 0 Å². The molecule has 108 valence electrons. The van der Waals surface area contributed by atoms with Gasteiger partial charge in [-0.2, -0.15) is 0 Å². The van der Waals surface area contributed by atoms with Crippen LogP contribution in [0.25, 0.3) is 0 Å². The molecular weight excluding hydrogens is 272 g/mol. The second-order valence-electron chi connectivity index (χ2n) is 4.38. The molecular formula is C12H19ClN2O4. The van der Waals surface area contributed by atoms with Crippen molar-refractivity contribution in [1.29, 1.82) is 0 Å². The van der Waals surface area contributed by atoms with E-state index in [0.717, 1.165) is 12.8 Å². The molecule has 0 bridgehead atoms. The van der Waals surface area contributed by atoms with Crippen molar-refractivity contribution >= 4 is 23.6 Å². The lowest BCUT2D eigenvalue weighted by atomic mass is 10.1. The maximum atomic E-state index is 11.7. The van der Waals surface area contributed by atoms with Crippen LogP contribution < -0.4 is 5.32 Å². The van der Waals surface area contributed by atoms with Crippen LogP contribution in [-0.4, -0.2) is 54.4 Å². The van der Waals surface area contributed by atoms with Crippen molar-refractivity contribution in [2.45, 2.75) is 25.4 Å². The third-order valence-electron chi connectivity index (χ3n) is 2.83. The predicted molar refractivity (Wildman–Crippen MR) is 71.2 cm³/mol. The first kappa shape index (κ1) is 15.8. The van der Waals surface area contributed by atoms with Crippen LogP contribution in [-0.2, 0) is 9.53 Å². The summed E-state index contributed by atoms with van der Waals surface area (Å²) in [7, 11) is 0. The lowest BCUT2D eigenvalue weighted by Gasteiger charge is -2.31. The van der Waals surface area contributed by atoms with E-state index in [2.05, 4.69) is 11.9 Å². The van der Waals surface area contributed by atoms with Crippen LogP contribution in [0.2, 0.25) is 0 Å². The Morgan fingerprint density at radius 2 is 2.05 bits per heavy atom. The number of likely N-dealkylation sites (tertiary alicyclic amines) is 1. The summed E-state index contributed by atoms with van der Waals surface area (Å²) in [6.45, 7) is 5.17. The van der Waals surface area contributed by atoms with Gasteiger partial charge in [-0.15, -0.1) is 0 Å². The van der Waals surface area contributed by atoms with Gasteiger partial charge in [-0.1, -0.05) is 18.2 Å². The number of urea groups is 1. The van der Waals surface area contributed by atoms with E-state index in [1.54, 1.807) is 4.90 Å². The molecule has 0 radical (unpaired) electrons. The average molecular weight is 291 g/mol. The first-order chi connectivity index (χ1) is 8.99. The molecule has 7 heteroatoms. The number of halogens is 1. The molecule has 0 aromatic heterocycles. The quantitative estimate of drug-likeness (QED) is 0.775. The summed E-state index contributed by atoms with van der Waals surface area (Å²) in [4.78, 5) is 23.8. The highest BCUT2D eigenvalue weighted by Crippen LogP contribution is 2.14. The Labute approximate surface area is 117 Å². The van der Waals surface area contributed by atoms with Gasteiger partial charge < -0.3 is 20.1 Å². The van der Waals surface area contributed by atoms with Crippen LogP contribution in [0.1, 0.15) is 19.3 Å². The molecule has 0 spiro atoms. The van der Waals surface area contributed by atoms with E-state index in [-0.39, 0.29) is 31.7 Å². The number of amides is 2. The van der Waals surface area contributed by atoms with Gasteiger partial charge in [-0.3, -0.25) is 4.79 Å². The minimum atomic E-state index is -0.863. The van der Waals surface area contributed by atoms with Crippen molar-refractivity contribution in [1.82, 2.24) is 10.2 Å². The number of rotatable bonds is 6. The van der Waals surface area contributed by atoms with Gasteiger partial charge in [0.05, 0.1) is 25.7 Å². The normalized spacial score (nSPS) is 16.2. The van der Waals surface area contributed by atoms with E-state index in [4.69, 9.17) is 21.4 Å². The standard InChI is InChI=1S/C12H19ClN2O4/c1-9(13)8-14-12(18)15-5-2-10(3-6-15)19-7-4-11(16)17/h10H,1-8H2,(H,14,18)(H,16,17). The smallest absolute Gasteiger partial charge is 0.317 e. The summed E-state index contributed by atoms with van der Waals surface area (Å²) in [6, 6.07) is -0.161. The number of nitrogens with zero attached hydrogens (tertiary/aromatic N) is 1. The van der Waals surface area contributed by atoms with E-state index < -0.39 is 5.97 Å². The van der Waals surface area contributed by atoms with Gasteiger partial charge in [-0.25, -0.2) is 4.79 Å². The zero-order valence-corrected chi connectivity index (χ0v) is 11.5. The highest BCUT2D eigenvalue weighted by molar-refractivity contribution is 6.29. The molecule has 0 unspecified atom stereocenters. The Kier molecular flexibility index (Phi) is 6.66. The maximum absolute atomic E-state index is 11.7. The van der Waals surface area contributed by atoms with Crippen LogP contribution in [0, 0.1) is 0 Å². The highest BCUT2D eigenvalue weighted by Gasteiger charge is 2.23. The third kappa shape index (κ3) is 6.45. The molecule has 6 nitrogen and oxygen atoms in total. The molecule has 1 fully saturated rings. The van der Waals surface area contributed by atoms with E-state index in [9.17, 15) is 9.59 Å². The van der Waals surface area contributed by atoms with Crippen LogP contribution in [0.3, 0.4) is 0 Å². The van der Waals surface area contributed by atoms with Gasteiger partial charge in [0.2, 0.25) is 0 Å². The van der Waals surface area contributed by atoms with Crippen molar-refractivity contribution in [2.75, 3.05) is 26.2 Å². The topological polar surface area (TPSA) is 78.9 Å². The predicted octanol–water partition coefficient (Wildman–Crippen LogP) is 1.40. The van der Waals surface area contributed by atoms with Crippen molar-refractivity contribution in [3.63, 3.8) is 0 Å². The van der Waals surface area contributed by atoms with Gasteiger partial charge in [0.15, 0.2) is 0 Å². The van der Waals surface area contributed by atoms with Gasteiger partial charge in [0.1, 0.15) is 0 Å². The first-order valence-electron chi connectivity index (χ1n) is 6.18. The highest BCUT2D eigenvalue weighted by atomic mass is 35.5. The molecule has 1 saturated heterocycles. The number of piperidine rings is 1. The van der Waals surface area contributed by atoms with Crippen LogP contribution in [0.5, 0.6) is 0 Å². The second-order valence-corrected chi connectivity index (χ2v) is 4.91. The average Bonchev–Trinajstić information content (AvgIpc) is 2.36. The van der Waals surface area contributed by atoms with E-state index in [1.807, 2.05) is 0 Å². The molecule has 0 aromatic rings. The number of nitrogens with one attached hydrogen (secondary N) is 1. The minimum absolute atomic E-state index is 0.0124. The molecule has 1 heterocycles. The number of carbonyl (C=O) groups excluding carboxylic acids is 1. The second kappa shape index (κ2) is 8.01. The number of aliphatic carboxylic acids is 1. The molecule has 1 aliphatic rings. The molecule has 19 heavy (non-hydrogen) atoms. The van der Waals surface area contributed by atoms with Crippen LogP contribution >= 0.6 is 11.6 Å². The molecule has 0 atom stereocenters. The fourth-order valence-electron chi connectivity index (χ4n) is 1.82. The largest absolute Gasteiger partial charge is 0.481 e. The zero-order chi connectivity index (χ0) is 14.3. The summed E-state index contributed by atoms with van der Waals surface area (Å²) >= 11 is 5.57. The summed E-state index contributed by atoms with van der Waals surface area (Å²) in [5, 5.41) is 11.6. The Hall–Kier alpha value is -1.27. The Morgan fingerprint density at radius 3 is 2.58 bits per heavy atom. The van der Waals surface area contributed by atoms with Crippen LogP contribution in [0.15, 0.2) is 11.6 Å². The Bertz CT molecular complexity index is 341. The minimum Gasteiger partial charge on any atom is -0.481 e. The van der Waals surface area contributed by atoms with Gasteiger partial charge >= 0.3 is 12.0 Å². The lowest BCUT2D eigenvalue weighted by molar-refractivity contribution is -0.138. The van der Waals surface area contributed by atoms with Crippen molar-refractivity contribution in [2.24, 2.45) is 0 Å². The molecule has 1 aliphatic heterocycles.